The lowest BCUT2D eigenvalue weighted by Crippen LogP contribution is -2.55. The molecule has 0 aliphatic heterocycles. The number of para-hydroxylation sites is 1. The summed E-state index contributed by atoms with van der Waals surface area (Å²) in [5.41, 5.74) is 5.14. The fourth-order valence-corrected chi connectivity index (χ4v) is 1.70. The fourth-order valence-electron chi connectivity index (χ4n) is 1.70. The van der Waals surface area contributed by atoms with Crippen molar-refractivity contribution in [2.24, 2.45) is 10.9 Å². The molecule has 0 aliphatic carbocycles. The molecule has 1 aromatic carbocycles. The molecule has 1 aromatic rings. The van der Waals surface area contributed by atoms with Gasteiger partial charge in [-0.15, -0.1) is 0 Å². The van der Waals surface area contributed by atoms with E-state index >= 15 is 0 Å². The van der Waals surface area contributed by atoms with Gasteiger partial charge < -0.3 is 21.0 Å². The van der Waals surface area contributed by atoms with Gasteiger partial charge in [0.1, 0.15) is 5.75 Å². The van der Waals surface area contributed by atoms with E-state index in [4.69, 9.17) is 15.7 Å². The van der Waals surface area contributed by atoms with Crippen LogP contribution in [0.5, 0.6) is 5.75 Å². The van der Waals surface area contributed by atoms with Crippen LogP contribution in [-0.4, -0.2) is 29.1 Å². The molecule has 0 spiro atoms. The second kappa shape index (κ2) is 6.79. The number of nitrogens with zero attached hydrogens (tertiary/aromatic N) is 1. The molecule has 1 unspecified atom stereocenters. The topological polar surface area (TPSA) is 96.9 Å². The van der Waals surface area contributed by atoms with E-state index in [2.05, 4.69) is 10.5 Å². The van der Waals surface area contributed by atoms with E-state index in [1.807, 2.05) is 13.8 Å². The van der Waals surface area contributed by atoms with Gasteiger partial charge in [0.25, 0.3) is 5.91 Å². The van der Waals surface area contributed by atoms with Crippen LogP contribution in [0.3, 0.4) is 0 Å². The zero-order chi connectivity index (χ0) is 15.2. The lowest BCUT2D eigenvalue weighted by molar-refractivity contribution is 0.0921. The first kappa shape index (κ1) is 15.8. The summed E-state index contributed by atoms with van der Waals surface area (Å²) in [7, 11) is 0. The number of carbonyl (C=O) groups excluding carboxylic acids is 1. The first-order chi connectivity index (χ1) is 9.48. The molecule has 1 amide bonds. The molecule has 6 heteroatoms. The molecular formula is C14H21N3O3. The SMILES string of the molecule is CCOc1ccccc1C(=O)NC(C)(CC)/C(N)=N/O. The maximum Gasteiger partial charge on any atom is 0.255 e. The van der Waals surface area contributed by atoms with Crippen LogP contribution >= 0.6 is 0 Å². The van der Waals surface area contributed by atoms with E-state index in [1.54, 1.807) is 31.2 Å². The number of hydrogen-bond donors (Lipinski definition) is 3. The Morgan fingerprint density at radius 3 is 2.65 bits per heavy atom. The molecule has 0 saturated carbocycles. The summed E-state index contributed by atoms with van der Waals surface area (Å²) in [6.45, 7) is 5.85. The van der Waals surface area contributed by atoms with Gasteiger partial charge in [-0.05, 0) is 32.4 Å². The van der Waals surface area contributed by atoms with Crippen molar-refractivity contribution in [2.45, 2.75) is 32.7 Å². The lowest BCUT2D eigenvalue weighted by atomic mass is 9.96. The maximum absolute atomic E-state index is 12.4. The average molecular weight is 279 g/mol. The minimum Gasteiger partial charge on any atom is -0.493 e. The van der Waals surface area contributed by atoms with Gasteiger partial charge in [0.2, 0.25) is 0 Å². The molecule has 1 rings (SSSR count). The molecular weight excluding hydrogens is 258 g/mol. The highest BCUT2D eigenvalue weighted by Gasteiger charge is 2.30. The van der Waals surface area contributed by atoms with Crippen molar-refractivity contribution >= 4 is 11.7 Å². The number of amides is 1. The Morgan fingerprint density at radius 1 is 1.45 bits per heavy atom. The van der Waals surface area contributed by atoms with Gasteiger partial charge in [-0.25, -0.2) is 0 Å². The summed E-state index contributed by atoms with van der Waals surface area (Å²) in [6, 6.07) is 6.95. The third-order valence-corrected chi connectivity index (χ3v) is 3.20. The molecule has 0 bridgehead atoms. The van der Waals surface area contributed by atoms with Crippen LogP contribution in [0, 0.1) is 0 Å². The number of nitrogens with one attached hydrogen (secondary N) is 1. The molecule has 1 atom stereocenters. The summed E-state index contributed by atoms with van der Waals surface area (Å²) in [6.07, 6.45) is 0.492. The molecule has 110 valence electrons. The molecule has 4 N–H and O–H groups in total. The van der Waals surface area contributed by atoms with Gasteiger partial charge >= 0.3 is 0 Å². The van der Waals surface area contributed by atoms with Crippen molar-refractivity contribution in [3.8, 4) is 5.75 Å². The van der Waals surface area contributed by atoms with Crippen LogP contribution in [0.1, 0.15) is 37.6 Å². The van der Waals surface area contributed by atoms with Gasteiger partial charge in [-0.2, -0.15) is 0 Å². The van der Waals surface area contributed by atoms with Gasteiger partial charge in [-0.1, -0.05) is 24.2 Å². The summed E-state index contributed by atoms with van der Waals surface area (Å²) < 4.78 is 5.42. The predicted octanol–water partition coefficient (Wildman–Crippen LogP) is 1.73. The van der Waals surface area contributed by atoms with Gasteiger partial charge in [0.15, 0.2) is 5.84 Å². The zero-order valence-electron chi connectivity index (χ0n) is 12.0. The fraction of sp³-hybridized carbons (Fsp3) is 0.429. The highest BCUT2D eigenvalue weighted by Crippen LogP contribution is 2.19. The van der Waals surface area contributed by atoms with Crippen LogP contribution in [0.25, 0.3) is 0 Å². The smallest absolute Gasteiger partial charge is 0.255 e. The first-order valence-corrected chi connectivity index (χ1v) is 6.50. The second-order valence-electron chi connectivity index (χ2n) is 4.55. The maximum atomic E-state index is 12.4. The average Bonchev–Trinajstić information content (AvgIpc) is 2.47. The minimum atomic E-state index is -0.912. The number of ether oxygens (including phenoxy) is 1. The Labute approximate surface area is 118 Å². The predicted molar refractivity (Wildman–Crippen MR) is 77.2 cm³/mol. The van der Waals surface area contributed by atoms with E-state index in [0.717, 1.165) is 0 Å². The van der Waals surface area contributed by atoms with Crippen molar-refractivity contribution in [1.82, 2.24) is 5.32 Å². The van der Waals surface area contributed by atoms with Gasteiger partial charge in [0, 0.05) is 0 Å². The van der Waals surface area contributed by atoms with Crippen LogP contribution in [-0.2, 0) is 0 Å². The van der Waals surface area contributed by atoms with Crippen LogP contribution in [0.2, 0.25) is 0 Å². The molecule has 0 aliphatic rings. The van der Waals surface area contributed by atoms with E-state index in [1.165, 1.54) is 0 Å². The second-order valence-corrected chi connectivity index (χ2v) is 4.55. The van der Waals surface area contributed by atoms with Crippen molar-refractivity contribution in [3.63, 3.8) is 0 Å². The molecule has 6 nitrogen and oxygen atoms in total. The monoisotopic (exact) mass is 279 g/mol. The quantitative estimate of drug-likeness (QED) is 0.320. The van der Waals surface area contributed by atoms with E-state index in [-0.39, 0.29) is 11.7 Å². The highest BCUT2D eigenvalue weighted by molar-refractivity contribution is 6.01. The standard InChI is InChI=1S/C14H21N3O3/c1-4-14(3,13(15)17-19)16-12(18)10-8-6-7-9-11(10)20-5-2/h6-9,19H,4-5H2,1-3H3,(H2,15,17)(H,16,18). The molecule has 0 heterocycles. The summed E-state index contributed by atoms with van der Waals surface area (Å²) in [5.74, 6) is 0.137. The lowest BCUT2D eigenvalue weighted by Gasteiger charge is -2.28. The van der Waals surface area contributed by atoms with Crippen LogP contribution < -0.4 is 15.8 Å². The van der Waals surface area contributed by atoms with E-state index in [9.17, 15) is 4.79 Å². The highest BCUT2D eigenvalue weighted by atomic mass is 16.5. The number of rotatable bonds is 6. The van der Waals surface area contributed by atoms with E-state index in [0.29, 0.717) is 24.3 Å². The Hall–Kier alpha value is -2.24. The normalized spacial score (nSPS) is 14.4. The summed E-state index contributed by atoms with van der Waals surface area (Å²) in [4.78, 5) is 12.4. The van der Waals surface area contributed by atoms with Crippen molar-refractivity contribution in [3.05, 3.63) is 29.8 Å². The van der Waals surface area contributed by atoms with E-state index < -0.39 is 5.54 Å². The third-order valence-electron chi connectivity index (χ3n) is 3.20. The molecule has 20 heavy (non-hydrogen) atoms. The van der Waals surface area contributed by atoms with Crippen LogP contribution in [0.4, 0.5) is 0 Å². The summed E-state index contributed by atoms with van der Waals surface area (Å²) >= 11 is 0. The summed E-state index contributed by atoms with van der Waals surface area (Å²) in [5, 5.41) is 14.6. The zero-order valence-corrected chi connectivity index (χ0v) is 12.0. The third kappa shape index (κ3) is 3.40. The van der Waals surface area contributed by atoms with Crippen molar-refractivity contribution < 1.29 is 14.7 Å². The van der Waals surface area contributed by atoms with Crippen molar-refractivity contribution in [1.29, 1.82) is 0 Å². The molecule has 0 aromatic heterocycles. The Morgan fingerprint density at radius 2 is 2.10 bits per heavy atom. The molecule has 0 radical (unpaired) electrons. The van der Waals surface area contributed by atoms with Gasteiger partial charge in [-0.3, -0.25) is 4.79 Å². The van der Waals surface area contributed by atoms with Crippen molar-refractivity contribution in [2.75, 3.05) is 6.61 Å². The number of nitrogens with two attached hydrogens (primary N) is 1. The minimum absolute atomic E-state index is 0.0396. The van der Waals surface area contributed by atoms with Crippen LogP contribution in [0.15, 0.2) is 29.4 Å². The Balaban J connectivity index is 3.02. The molecule has 0 saturated heterocycles. The van der Waals surface area contributed by atoms with Gasteiger partial charge in [0.05, 0.1) is 17.7 Å². The number of hydrogen-bond acceptors (Lipinski definition) is 4. The number of benzene rings is 1. The Bertz CT molecular complexity index is 502. The largest absolute Gasteiger partial charge is 0.493 e. The number of oxime groups is 1. The molecule has 0 fully saturated rings. The number of carbonyl (C=O) groups is 1. The first-order valence-electron chi connectivity index (χ1n) is 6.50. The number of amidine groups is 1. The Kier molecular flexibility index (Phi) is 5.37.